The lowest BCUT2D eigenvalue weighted by Gasteiger charge is -2.32. The fraction of sp³-hybridized carbons (Fsp3) is 0.250. The van der Waals surface area contributed by atoms with Crippen LogP contribution in [-0.2, 0) is 16.4 Å². The van der Waals surface area contributed by atoms with Gasteiger partial charge in [0, 0.05) is 23.6 Å². The van der Waals surface area contributed by atoms with Gasteiger partial charge in [-0.05, 0) is 73.5 Å². The highest BCUT2D eigenvalue weighted by molar-refractivity contribution is 7.92. The van der Waals surface area contributed by atoms with Crippen molar-refractivity contribution in [2.24, 2.45) is 0 Å². The van der Waals surface area contributed by atoms with Crippen LogP contribution in [0.4, 0.5) is 18.9 Å². The van der Waals surface area contributed by atoms with Crippen LogP contribution in [0.3, 0.4) is 0 Å². The van der Waals surface area contributed by atoms with E-state index >= 15 is 0 Å². The van der Waals surface area contributed by atoms with E-state index in [2.05, 4.69) is 5.32 Å². The van der Waals surface area contributed by atoms with Gasteiger partial charge in [-0.1, -0.05) is 23.7 Å². The Hall–Kier alpha value is -2.26. The summed E-state index contributed by atoms with van der Waals surface area (Å²) in [6, 6.07) is 11.4. The molecule has 0 saturated carbocycles. The van der Waals surface area contributed by atoms with E-state index in [9.17, 15) is 21.6 Å². The molecule has 10 heteroatoms. The normalized spacial score (nSPS) is 15.7. The average molecular weight is 531 g/mol. The molecule has 0 amide bonds. The van der Waals surface area contributed by atoms with Gasteiger partial charge < -0.3 is 5.32 Å². The molecule has 1 heterocycles. The molecule has 0 radical (unpaired) electrons. The molecule has 0 unspecified atom stereocenters. The number of rotatable bonds is 6. The first-order valence-electron chi connectivity index (χ1n) is 10.4. The second-order valence-electron chi connectivity index (χ2n) is 8.01. The van der Waals surface area contributed by atoms with Crippen molar-refractivity contribution >= 4 is 39.7 Å². The molecule has 1 atom stereocenters. The van der Waals surface area contributed by atoms with Gasteiger partial charge in [0.2, 0.25) is 0 Å². The molecule has 0 aliphatic carbocycles. The van der Waals surface area contributed by atoms with Crippen molar-refractivity contribution in [3.8, 4) is 0 Å². The highest BCUT2D eigenvalue weighted by atomic mass is 35.5. The number of nitrogens with zero attached hydrogens (tertiary/aromatic N) is 1. The molecule has 1 aliphatic heterocycles. The van der Waals surface area contributed by atoms with Crippen LogP contribution in [0.2, 0.25) is 5.02 Å². The van der Waals surface area contributed by atoms with Crippen molar-refractivity contribution in [2.75, 3.05) is 17.4 Å². The number of aryl methyl sites for hydroxylation is 1. The predicted molar refractivity (Wildman–Crippen MR) is 130 cm³/mol. The van der Waals surface area contributed by atoms with Crippen LogP contribution in [0.5, 0.6) is 0 Å². The average Bonchev–Trinajstić information content (AvgIpc) is 3.28. The lowest BCUT2D eigenvalue weighted by Crippen LogP contribution is -2.42. The van der Waals surface area contributed by atoms with Gasteiger partial charge in [0.15, 0.2) is 0 Å². The minimum absolute atomic E-state index is 0. The maximum Gasteiger partial charge on any atom is 0.264 e. The predicted octanol–water partition coefficient (Wildman–Crippen LogP) is 5.64. The number of nitrogens with one attached hydrogen (secondary N) is 1. The molecule has 1 N–H and O–H groups in total. The number of halogens is 5. The van der Waals surface area contributed by atoms with Crippen LogP contribution in [-0.4, -0.2) is 27.5 Å². The molecule has 3 aromatic rings. The fourth-order valence-electron chi connectivity index (χ4n) is 4.01. The molecular formula is C24H23Cl2F3N2O2S. The molecule has 4 nitrogen and oxygen atoms in total. The van der Waals surface area contributed by atoms with Crippen molar-refractivity contribution in [3.63, 3.8) is 0 Å². The zero-order valence-electron chi connectivity index (χ0n) is 18.2. The number of anilines is 1. The summed E-state index contributed by atoms with van der Waals surface area (Å²) < 4.78 is 71.8. The molecule has 1 saturated heterocycles. The fourth-order valence-corrected chi connectivity index (χ4v) is 5.94. The number of benzene rings is 3. The smallest absolute Gasteiger partial charge is 0.264 e. The summed E-state index contributed by atoms with van der Waals surface area (Å²) in [7, 11) is -4.20. The minimum Gasteiger partial charge on any atom is -0.315 e. The van der Waals surface area contributed by atoms with Gasteiger partial charge in [-0.2, -0.15) is 0 Å². The third-order valence-electron chi connectivity index (χ3n) is 5.77. The zero-order chi connectivity index (χ0) is 23.8. The molecule has 0 aromatic heterocycles. The van der Waals surface area contributed by atoms with Crippen molar-refractivity contribution in [1.29, 1.82) is 0 Å². The van der Waals surface area contributed by atoms with Gasteiger partial charge >= 0.3 is 0 Å². The van der Waals surface area contributed by atoms with E-state index in [0.717, 1.165) is 18.2 Å². The van der Waals surface area contributed by atoms with Gasteiger partial charge in [-0.15, -0.1) is 12.4 Å². The van der Waals surface area contributed by atoms with E-state index in [1.165, 1.54) is 40.7 Å². The van der Waals surface area contributed by atoms with Crippen molar-refractivity contribution < 1.29 is 21.6 Å². The number of sulfonamides is 1. The summed E-state index contributed by atoms with van der Waals surface area (Å²) in [5.74, 6) is -2.11. The molecule has 1 fully saturated rings. The van der Waals surface area contributed by atoms with Gasteiger partial charge in [0.05, 0.1) is 16.6 Å². The van der Waals surface area contributed by atoms with Crippen LogP contribution in [0.15, 0.2) is 59.5 Å². The third-order valence-corrected chi connectivity index (χ3v) is 7.87. The molecule has 3 aromatic carbocycles. The van der Waals surface area contributed by atoms with E-state index in [1.807, 2.05) is 0 Å². The summed E-state index contributed by atoms with van der Waals surface area (Å²) in [6.07, 6.45) is 0.312. The maximum atomic E-state index is 14.4. The first-order chi connectivity index (χ1) is 15.7. The van der Waals surface area contributed by atoms with E-state index in [0.29, 0.717) is 35.7 Å². The van der Waals surface area contributed by atoms with Crippen LogP contribution >= 0.6 is 24.0 Å². The monoisotopic (exact) mass is 530 g/mol. The summed E-state index contributed by atoms with van der Waals surface area (Å²) in [5.41, 5.74) is 0.723. The highest BCUT2D eigenvalue weighted by Gasteiger charge is 2.35. The number of hydrogen-bond acceptors (Lipinski definition) is 3. The third kappa shape index (κ3) is 5.20. The Morgan fingerprint density at radius 2 is 1.74 bits per heavy atom. The Labute approximate surface area is 208 Å². The molecule has 34 heavy (non-hydrogen) atoms. The molecule has 182 valence electrons. The summed E-state index contributed by atoms with van der Waals surface area (Å²) in [4.78, 5) is -0.199. The Kier molecular flexibility index (Phi) is 8.18. The Morgan fingerprint density at radius 1 is 1.03 bits per heavy atom. The first kappa shape index (κ1) is 26.3. The standard InChI is InChI=1S/C24H22ClF3N2O2S.ClH/c1-15-5-7-19(13-23(15)28)33(31,32)30(18-9-10-29-14-18)24-8-6-17(25)11-16(24)12-20-21(26)3-2-4-22(20)27;/h2-8,11,13,18,29H,9-10,12,14H2,1H3;1H/t18-;/m0./s1. The summed E-state index contributed by atoms with van der Waals surface area (Å²) in [6.45, 7) is 2.53. The minimum atomic E-state index is -4.20. The van der Waals surface area contributed by atoms with Gasteiger partial charge in [0.25, 0.3) is 10.0 Å². The van der Waals surface area contributed by atoms with E-state index in [-0.39, 0.29) is 35.0 Å². The Balaban J connectivity index is 0.00000324. The second-order valence-corrected chi connectivity index (χ2v) is 10.3. The van der Waals surface area contributed by atoms with Gasteiger partial charge in [0.1, 0.15) is 17.5 Å². The molecule has 4 rings (SSSR count). The Morgan fingerprint density at radius 3 is 2.35 bits per heavy atom. The van der Waals surface area contributed by atoms with Gasteiger partial charge in [-0.3, -0.25) is 4.31 Å². The maximum absolute atomic E-state index is 14.4. The van der Waals surface area contributed by atoms with Crippen LogP contribution in [0, 0.1) is 24.4 Å². The van der Waals surface area contributed by atoms with Crippen molar-refractivity contribution in [2.45, 2.75) is 30.7 Å². The van der Waals surface area contributed by atoms with Gasteiger partial charge in [-0.25, -0.2) is 21.6 Å². The lowest BCUT2D eigenvalue weighted by molar-refractivity contribution is 0.561. The van der Waals surface area contributed by atoms with Crippen LogP contribution in [0.1, 0.15) is 23.1 Å². The number of hydrogen-bond donors (Lipinski definition) is 1. The summed E-state index contributed by atoms with van der Waals surface area (Å²) >= 11 is 6.18. The van der Waals surface area contributed by atoms with Crippen LogP contribution in [0.25, 0.3) is 0 Å². The SMILES string of the molecule is Cc1ccc(S(=O)(=O)N(c2ccc(Cl)cc2Cc2c(F)cccc2F)[C@H]2CCNC2)cc1F.Cl. The molecule has 0 bridgehead atoms. The largest absolute Gasteiger partial charge is 0.315 e. The van der Waals surface area contributed by atoms with E-state index < -0.39 is 33.5 Å². The molecular weight excluding hydrogens is 508 g/mol. The van der Waals surface area contributed by atoms with E-state index in [4.69, 9.17) is 11.6 Å². The van der Waals surface area contributed by atoms with Crippen molar-refractivity contribution in [3.05, 3.63) is 93.8 Å². The zero-order valence-corrected chi connectivity index (χ0v) is 20.6. The second kappa shape index (κ2) is 10.6. The molecule has 1 aliphatic rings. The molecule has 0 spiro atoms. The summed E-state index contributed by atoms with van der Waals surface area (Å²) in [5, 5.41) is 3.44. The van der Waals surface area contributed by atoms with E-state index in [1.54, 1.807) is 6.92 Å². The first-order valence-corrected chi connectivity index (χ1v) is 12.2. The quantitative estimate of drug-likeness (QED) is 0.448. The lowest BCUT2D eigenvalue weighted by atomic mass is 10.0. The topological polar surface area (TPSA) is 49.4 Å². The van der Waals surface area contributed by atoms with Crippen molar-refractivity contribution in [1.82, 2.24) is 5.32 Å². The Bertz CT molecular complexity index is 1280. The van der Waals surface area contributed by atoms with Crippen LogP contribution < -0.4 is 9.62 Å². The highest BCUT2D eigenvalue weighted by Crippen LogP contribution is 2.35.